The molecule has 1 rings (SSSR count). The Morgan fingerprint density at radius 2 is 1.89 bits per heavy atom. The molecule has 0 saturated carbocycles. The van der Waals surface area contributed by atoms with Crippen LogP contribution in [0.4, 0.5) is 4.79 Å². The normalized spacial score (nSPS) is 12.7. The predicted octanol–water partition coefficient (Wildman–Crippen LogP) is 2.98. The number of benzene rings is 1. The van der Waals surface area contributed by atoms with E-state index >= 15 is 0 Å². The second-order valence-corrected chi connectivity index (χ2v) is 5.12. The largest absolute Gasteiger partial charge is 0.489 e. The van der Waals surface area contributed by atoms with Crippen molar-refractivity contribution < 1.29 is 14.3 Å². The third-order valence-corrected chi connectivity index (χ3v) is 2.01. The topological polar surface area (TPSA) is 47.6 Å². The van der Waals surface area contributed by atoms with Crippen LogP contribution in [0, 0.1) is 0 Å². The molecule has 0 heterocycles. The second kappa shape index (κ2) is 6.28. The van der Waals surface area contributed by atoms with Crippen molar-refractivity contribution in [2.45, 2.75) is 39.4 Å². The molecule has 1 amide bonds. The molecule has 1 aromatic rings. The highest BCUT2D eigenvalue weighted by molar-refractivity contribution is 5.67. The summed E-state index contributed by atoms with van der Waals surface area (Å²) in [5.41, 5.74) is -0.479. The molecule has 0 fully saturated rings. The Bertz CT molecular complexity index is 370. The third kappa shape index (κ3) is 6.13. The Hall–Kier alpha value is -1.71. The van der Waals surface area contributed by atoms with Gasteiger partial charge in [0.05, 0.1) is 6.54 Å². The van der Waals surface area contributed by atoms with Gasteiger partial charge in [-0.2, -0.15) is 0 Å². The van der Waals surface area contributed by atoms with Gasteiger partial charge in [0.25, 0.3) is 0 Å². The summed E-state index contributed by atoms with van der Waals surface area (Å²) in [6, 6.07) is 9.50. The molecular weight excluding hydrogens is 230 g/mol. The van der Waals surface area contributed by atoms with Crippen LogP contribution in [0.25, 0.3) is 0 Å². The molecule has 0 radical (unpaired) electrons. The fourth-order valence-corrected chi connectivity index (χ4v) is 1.31. The molecular formula is C14H21NO3. The Balaban J connectivity index is 2.29. The van der Waals surface area contributed by atoms with Crippen LogP contribution in [0.5, 0.6) is 5.75 Å². The van der Waals surface area contributed by atoms with Crippen LogP contribution in [-0.2, 0) is 4.74 Å². The van der Waals surface area contributed by atoms with Gasteiger partial charge in [0.15, 0.2) is 0 Å². The van der Waals surface area contributed by atoms with Crippen LogP contribution in [0.3, 0.4) is 0 Å². The molecule has 1 unspecified atom stereocenters. The van der Waals surface area contributed by atoms with E-state index in [9.17, 15) is 4.79 Å². The smallest absolute Gasteiger partial charge is 0.407 e. The maximum atomic E-state index is 11.4. The molecule has 0 aliphatic carbocycles. The first kappa shape index (κ1) is 14.4. The summed E-state index contributed by atoms with van der Waals surface area (Å²) in [6.07, 6.45) is -0.536. The van der Waals surface area contributed by atoms with E-state index in [0.717, 1.165) is 5.75 Å². The first-order valence-corrected chi connectivity index (χ1v) is 6.05. The van der Waals surface area contributed by atoms with Crippen LogP contribution in [0.15, 0.2) is 30.3 Å². The van der Waals surface area contributed by atoms with E-state index in [0.29, 0.717) is 6.54 Å². The Kier molecular flexibility index (Phi) is 5.01. The number of ether oxygens (including phenoxy) is 2. The predicted molar refractivity (Wildman–Crippen MR) is 70.8 cm³/mol. The zero-order valence-corrected chi connectivity index (χ0v) is 11.4. The van der Waals surface area contributed by atoms with Crippen molar-refractivity contribution in [3.05, 3.63) is 30.3 Å². The molecule has 4 nitrogen and oxygen atoms in total. The minimum Gasteiger partial charge on any atom is -0.489 e. The molecule has 0 saturated heterocycles. The quantitative estimate of drug-likeness (QED) is 0.895. The SMILES string of the molecule is CC(CNC(=O)OC(C)(C)C)Oc1ccccc1. The molecule has 1 aromatic carbocycles. The van der Waals surface area contributed by atoms with E-state index in [2.05, 4.69) is 5.32 Å². The average molecular weight is 251 g/mol. The fraction of sp³-hybridized carbons (Fsp3) is 0.500. The number of hydrogen-bond donors (Lipinski definition) is 1. The van der Waals surface area contributed by atoms with Gasteiger partial charge >= 0.3 is 6.09 Å². The van der Waals surface area contributed by atoms with Gasteiger partial charge in [-0.15, -0.1) is 0 Å². The van der Waals surface area contributed by atoms with Gasteiger partial charge in [-0.05, 0) is 39.8 Å². The molecule has 0 aliphatic rings. The number of para-hydroxylation sites is 1. The second-order valence-electron chi connectivity index (χ2n) is 5.12. The summed E-state index contributed by atoms with van der Waals surface area (Å²) in [4.78, 5) is 11.4. The van der Waals surface area contributed by atoms with Crippen LogP contribution >= 0.6 is 0 Å². The maximum Gasteiger partial charge on any atom is 0.407 e. The number of carbonyl (C=O) groups excluding carboxylic acids is 1. The fourth-order valence-electron chi connectivity index (χ4n) is 1.31. The van der Waals surface area contributed by atoms with Crippen molar-refractivity contribution in [1.82, 2.24) is 5.32 Å². The average Bonchev–Trinajstić information content (AvgIpc) is 2.25. The number of nitrogens with one attached hydrogen (secondary N) is 1. The summed E-state index contributed by atoms with van der Waals surface area (Å²) in [5.74, 6) is 0.788. The molecule has 1 N–H and O–H groups in total. The van der Waals surface area contributed by atoms with E-state index in [1.54, 1.807) is 0 Å². The van der Waals surface area contributed by atoms with Gasteiger partial charge in [-0.1, -0.05) is 18.2 Å². The number of amides is 1. The van der Waals surface area contributed by atoms with Gasteiger partial charge in [-0.25, -0.2) is 4.79 Å². The molecule has 1 atom stereocenters. The summed E-state index contributed by atoms with van der Waals surface area (Å²) < 4.78 is 10.8. The van der Waals surface area contributed by atoms with Crippen molar-refractivity contribution in [1.29, 1.82) is 0 Å². The van der Waals surface area contributed by atoms with Crippen molar-refractivity contribution in [2.24, 2.45) is 0 Å². The minimum atomic E-state index is -0.479. The first-order chi connectivity index (χ1) is 8.37. The molecule has 0 aliphatic heterocycles. The molecule has 100 valence electrons. The number of rotatable bonds is 4. The third-order valence-electron chi connectivity index (χ3n) is 2.01. The van der Waals surface area contributed by atoms with Crippen LogP contribution in [0.2, 0.25) is 0 Å². The summed E-state index contributed by atoms with van der Waals surface area (Å²) in [5, 5.41) is 2.67. The number of carbonyl (C=O) groups is 1. The van der Waals surface area contributed by atoms with Gasteiger partial charge in [0, 0.05) is 0 Å². The summed E-state index contributed by atoms with van der Waals surface area (Å²) in [7, 11) is 0. The van der Waals surface area contributed by atoms with Crippen molar-refractivity contribution in [3.8, 4) is 5.75 Å². The highest BCUT2D eigenvalue weighted by Gasteiger charge is 2.16. The molecule has 0 bridgehead atoms. The standard InChI is InChI=1S/C14H21NO3/c1-11(17-12-8-6-5-7-9-12)10-15-13(16)18-14(2,3)4/h5-9,11H,10H2,1-4H3,(H,15,16). The van der Waals surface area contributed by atoms with Gasteiger partial charge in [0.2, 0.25) is 0 Å². The van der Waals surface area contributed by atoms with Crippen LogP contribution in [-0.4, -0.2) is 24.3 Å². The van der Waals surface area contributed by atoms with Crippen LogP contribution < -0.4 is 10.1 Å². The van der Waals surface area contributed by atoms with E-state index in [1.807, 2.05) is 58.0 Å². The van der Waals surface area contributed by atoms with Gasteiger partial charge in [0.1, 0.15) is 17.5 Å². The highest BCUT2D eigenvalue weighted by Crippen LogP contribution is 2.10. The molecule has 0 spiro atoms. The van der Waals surface area contributed by atoms with Crippen molar-refractivity contribution in [2.75, 3.05) is 6.54 Å². The monoisotopic (exact) mass is 251 g/mol. The van der Waals surface area contributed by atoms with Crippen molar-refractivity contribution in [3.63, 3.8) is 0 Å². The first-order valence-electron chi connectivity index (χ1n) is 6.05. The number of alkyl carbamates (subject to hydrolysis) is 1. The Morgan fingerprint density at radius 3 is 2.44 bits per heavy atom. The molecule has 4 heteroatoms. The number of hydrogen-bond acceptors (Lipinski definition) is 3. The maximum absolute atomic E-state index is 11.4. The van der Waals surface area contributed by atoms with Gasteiger partial charge < -0.3 is 14.8 Å². The highest BCUT2D eigenvalue weighted by atomic mass is 16.6. The van der Waals surface area contributed by atoms with E-state index in [-0.39, 0.29) is 6.10 Å². The Morgan fingerprint density at radius 1 is 1.28 bits per heavy atom. The lowest BCUT2D eigenvalue weighted by atomic mass is 10.2. The van der Waals surface area contributed by atoms with E-state index < -0.39 is 11.7 Å². The lowest BCUT2D eigenvalue weighted by Gasteiger charge is -2.21. The molecule has 18 heavy (non-hydrogen) atoms. The molecule has 0 aromatic heterocycles. The van der Waals surface area contributed by atoms with E-state index in [4.69, 9.17) is 9.47 Å². The van der Waals surface area contributed by atoms with Crippen LogP contribution in [0.1, 0.15) is 27.7 Å². The zero-order chi connectivity index (χ0) is 13.6. The van der Waals surface area contributed by atoms with Crippen molar-refractivity contribution >= 4 is 6.09 Å². The minimum absolute atomic E-state index is 0.111. The van der Waals surface area contributed by atoms with E-state index in [1.165, 1.54) is 0 Å². The summed E-state index contributed by atoms with van der Waals surface area (Å²) in [6.45, 7) is 7.79. The Labute approximate surface area is 108 Å². The lowest BCUT2D eigenvalue weighted by Crippen LogP contribution is -2.37. The summed E-state index contributed by atoms with van der Waals surface area (Å²) >= 11 is 0. The lowest BCUT2D eigenvalue weighted by molar-refractivity contribution is 0.0505. The van der Waals surface area contributed by atoms with Gasteiger partial charge in [-0.3, -0.25) is 0 Å². The zero-order valence-electron chi connectivity index (χ0n) is 11.4.